The maximum absolute atomic E-state index is 12.0. The lowest BCUT2D eigenvalue weighted by atomic mass is 10.1. The van der Waals surface area contributed by atoms with E-state index in [4.69, 9.17) is 5.11 Å². The van der Waals surface area contributed by atoms with E-state index in [1.807, 2.05) is 0 Å². The number of carboxylic acids is 1. The number of carbonyl (C=O) groups is 2. The predicted octanol–water partition coefficient (Wildman–Crippen LogP) is 1.56. The van der Waals surface area contributed by atoms with Gasteiger partial charge in [0.2, 0.25) is 5.13 Å². The Hall–Kier alpha value is -1.70. The predicted molar refractivity (Wildman–Crippen MR) is 67.8 cm³/mol. The van der Waals surface area contributed by atoms with Gasteiger partial charge < -0.3 is 10.0 Å². The number of hydrogen-bond donors (Lipinski definition) is 2. The molecule has 0 aromatic carbocycles. The fourth-order valence-corrected chi connectivity index (χ4v) is 1.84. The number of nitrogens with one attached hydrogen (secondary N) is 1. The summed E-state index contributed by atoms with van der Waals surface area (Å²) in [6.07, 6.45) is 0. The van der Waals surface area contributed by atoms with Crippen LogP contribution in [0.25, 0.3) is 0 Å². The molecule has 0 saturated carbocycles. The van der Waals surface area contributed by atoms with Crippen LogP contribution in [0, 0.1) is 6.92 Å². The molecule has 2 N–H and O–H groups in total. The zero-order valence-corrected chi connectivity index (χ0v) is 11.5. The van der Waals surface area contributed by atoms with E-state index in [1.165, 1.54) is 16.2 Å². The number of hydrogen-bond acceptors (Lipinski definition) is 5. The van der Waals surface area contributed by atoms with Crippen LogP contribution < -0.4 is 5.32 Å². The Bertz CT molecular complexity index is 452. The molecule has 0 aliphatic rings. The van der Waals surface area contributed by atoms with Crippen molar-refractivity contribution in [3.63, 3.8) is 0 Å². The van der Waals surface area contributed by atoms with Crippen LogP contribution in [0.5, 0.6) is 0 Å². The lowest BCUT2D eigenvalue weighted by Gasteiger charge is -2.33. The number of aromatic nitrogens is 2. The third-order valence-electron chi connectivity index (χ3n) is 2.09. The summed E-state index contributed by atoms with van der Waals surface area (Å²) < 4.78 is 0. The number of carbonyl (C=O) groups excluding carboxylic acids is 1. The van der Waals surface area contributed by atoms with Gasteiger partial charge in [-0.3, -0.25) is 10.1 Å². The van der Waals surface area contributed by atoms with Crippen molar-refractivity contribution < 1.29 is 14.7 Å². The third kappa shape index (κ3) is 3.95. The van der Waals surface area contributed by atoms with Gasteiger partial charge in [-0.05, 0) is 27.7 Å². The van der Waals surface area contributed by atoms with E-state index in [1.54, 1.807) is 27.7 Å². The average molecular weight is 272 g/mol. The smallest absolute Gasteiger partial charge is 0.324 e. The van der Waals surface area contributed by atoms with E-state index in [9.17, 15) is 9.59 Å². The number of nitrogens with zero attached hydrogens (tertiary/aromatic N) is 3. The number of anilines is 1. The second kappa shape index (κ2) is 5.30. The van der Waals surface area contributed by atoms with E-state index in [-0.39, 0.29) is 6.54 Å². The molecule has 0 bridgehead atoms. The van der Waals surface area contributed by atoms with E-state index in [2.05, 4.69) is 15.5 Å². The molecule has 100 valence electrons. The SMILES string of the molecule is Cc1nnc(NC(=O)N(CC(=O)O)C(C)(C)C)s1. The minimum Gasteiger partial charge on any atom is -0.480 e. The molecule has 0 unspecified atom stereocenters. The Morgan fingerprint density at radius 3 is 2.39 bits per heavy atom. The van der Waals surface area contributed by atoms with Gasteiger partial charge in [-0.15, -0.1) is 10.2 Å². The van der Waals surface area contributed by atoms with Gasteiger partial charge in [0.25, 0.3) is 0 Å². The van der Waals surface area contributed by atoms with Crippen molar-refractivity contribution >= 4 is 28.5 Å². The van der Waals surface area contributed by atoms with Crippen LogP contribution >= 0.6 is 11.3 Å². The average Bonchev–Trinajstić information content (AvgIpc) is 2.58. The van der Waals surface area contributed by atoms with Gasteiger partial charge in [-0.25, -0.2) is 4.79 Å². The van der Waals surface area contributed by atoms with E-state index < -0.39 is 17.5 Å². The summed E-state index contributed by atoms with van der Waals surface area (Å²) in [5.74, 6) is -1.06. The van der Waals surface area contributed by atoms with Gasteiger partial charge in [0.1, 0.15) is 11.6 Å². The fraction of sp³-hybridized carbons (Fsp3) is 0.600. The number of urea groups is 1. The summed E-state index contributed by atoms with van der Waals surface area (Å²) in [5, 5.41) is 20.0. The molecule has 18 heavy (non-hydrogen) atoms. The molecule has 1 aromatic rings. The molecule has 2 amide bonds. The molecular weight excluding hydrogens is 256 g/mol. The Morgan fingerprint density at radius 2 is 2.00 bits per heavy atom. The fourth-order valence-electron chi connectivity index (χ4n) is 1.25. The lowest BCUT2D eigenvalue weighted by molar-refractivity contribution is -0.138. The van der Waals surface area contributed by atoms with Crippen molar-refractivity contribution in [1.82, 2.24) is 15.1 Å². The number of aryl methyl sites for hydroxylation is 1. The molecule has 1 aromatic heterocycles. The molecule has 7 nitrogen and oxygen atoms in total. The number of carboxylic acid groups (broad SMARTS) is 1. The van der Waals surface area contributed by atoms with Crippen LogP contribution in [-0.2, 0) is 4.79 Å². The summed E-state index contributed by atoms with van der Waals surface area (Å²) >= 11 is 1.23. The summed E-state index contributed by atoms with van der Waals surface area (Å²) in [6.45, 7) is 6.70. The Kier molecular flexibility index (Phi) is 4.23. The first kappa shape index (κ1) is 14.4. The van der Waals surface area contributed by atoms with E-state index >= 15 is 0 Å². The van der Waals surface area contributed by atoms with Crippen molar-refractivity contribution in [1.29, 1.82) is 0 Å². The molecular formula is C10H16N4O3S. The Balaban J connectivity index is 2.80. The van der Waals surface area contributed by atoms with Crippen LogP contribution in [0.3, 0.4) is 0 Å². The molecule has 0 fully saturated rings. The maximum atomic E-state index is 12.0. The highest BCUT2D eigenvalue weighted by Crippen LogP contribution is 2.18. The van der Waals surface area contributed by atoms with Crippen molar-refractivity contribution in [2.75, 3.05) is 11.9 Å². The number of amides is 2. The van der Waals surface area contributed by atoms with Crippen LogP contribution in [-0.4, -0.2) is 44.3 Å². The minimum atomic E-state index is -1.06. The third-order valence-corrected chi connectivity index (χ3v) is 2.84. The first-order chi connectivity index (χ1) is 8.20. The lowest BCUT2D eigenvalue weighted by Crippen LogP contribution is -2.50. The van der Waals surface area contributed by atoms with Crippen molar-refractivity contribution in [3.05, 3.63) is 5.01 Å². The normalized spacial score (nSPS) is 11.1. The highest BCUT2D eigenvalue weighted by Gasteiger charge is 2.29. The molecule has 0 radical (unpaired) electrons. The number of rotatable bonds is 3. The molecule has 0 saturated heterocycles. The van der Waals surface area contributed by atoms with Gasteiger partial charge in [0, 0.05) is 5.54 Å². The van der Waals surface area contributed by atoms with Crippen molar-refractivity contribution in [3.8, 4) is 0 Å². The van der Waals surface area contributed by atoms with Gasteiger partial charge in [-0.2, -0.15) is 0 Å². The quantitative estimate of drug-likeness (QED) is 0.870. The summed E-state index contributed by atoms with van der Waals surface area (Å²) in [7, 11) is 0. The molecule has 0 aliphatic carbocycles. The maximum Gasteiger partial charge on any atom is 0.324 e. The zero-order chi connectivity index (χ0) is 13.9. The van der Waals surface area contributed by atoms with Crippen LogP contribution in [0.1, 0.15) is 25.8 Å². The molecule has 0 aliphatic heterocycles. The van der Waals surface area contributed by atoms with Gasteiger partial charge >= 0.3 is 12.0 Å². The van der Waals surface area contributed by atoms with E-state index in [0.717, 1.165) is 5.01 Å². The van der Waals surface area contributed by atoms with E-state index in [0.29, 0.717) is 5.13 Å². The van der Waals surface area contributed by atoms with Crippen LogP contribution in [0.15, 0.2) is 0 Å². The topological polar surface area (TPSA) is 95.4 Å². The highest BCUT2D eigenvalue weighted by atomic mass is 32.1. The zero-order valence-electron chi connectivity index (χ0n) is 10.7. The summed E-state index contributed by atoms with van der Waals surface area (Å²) in [4.78, 5) is 24.0. The largest absolute Gasteiger partial charge is 0.480 e. The molecule has 0 atom stereocenters. The molecule has 1 heterocycles. The highest BCUT2D eigenvalue weighted by molar-refractivity contribution is 7.15. The molecule has 8 heteroatoms. The summed E-state index contributed by atoms with van der Waals surface area (Å²) in [5.41, 5.74) is -0.595. The number of aliphatic carboxylic acids is 1. The van der Waals surface area contributed by atoms with Gasteiger partial charge in [0.15, 0.2) is 0 Å². The Labute approximate surface area is 109 Å². The molecule has 0 spiro atoms. The van der Waals surface area contributed by atoms with Crippen molar-refractivity contribution in [2.45, 2.75) is 33.2 Å². The standard InChI is InChI=1S/C10H16N4O3S/c1-6-12-13-8(18-6)11-9(17)14(5-7(15)16)10(2,3)4/h5H2,1-4H3,(H,15,16)(H,11,13,17). The summed E-state index contributed by atoms with van der Waals surface area (Å²) in [6, 6.07) is -0.499. The van der Waals surface area contributed by atoms with Gasteiger partial charge in [0.05, 0.1) is 0 Å². The second-order valence-electron chi connectivity index (χ2n) is 4.71. The van der Waals surface area contributed by atoms with Crippen LogP contribution in [0.2, 0.25) is 0 Å². The Morgan fingerprint density at radius 1 is 1.39 bits per heavy atom. The first-order valence-corrected chi connectivity index (χ1v) is 6.12. The minimum absolute atomic E-state index is 0.358. The first-order valence-electron chi connectivity index (χ1n) is 5.30. The monoisotopic (exact) mass is 272 g/mol. The molecule has 1 rings (SSSR count). The van der Waals surface area contributed by atoms with Crippen LogP contribution in [0.4, 0.5) is 9.93 Å². The second-order valence-corrected chi connectivity index (χ2v) is 5.89. The van der Waals surface area contributed by atoms with Crippen molar-refractivity contribution in [2.24, 2.45) is 0 Å². The van der Waals surface area contributed by atoms with Gasteiger partial charge in [-0.1, -0.05) is 11.3 Å².